The van der Waals surface area contributed by atoms with Gasteiger partial charge in [-0.2, -0.15) is 0 Å². The third-order valence-electron chi connectivity index (χ3n) is 10.3. The monoisotopic (exact) mass is 794 g/mol. The lowest BCUT2D eigenvalue weighted by atomic mass is 9.98. The van der Waals surface area contributed by atoms with E-state index in [9.17, 15) is 25.9 Å². The van der Waals surface area contributed by atoms with E-state index < -0.39 is 20.8 Å². The Hall–Kier alpha value is -5.22. The lowest BCUT2D eigenvalue weighted by Crippen LogP contribution is -2.25. The Morgan fingerprint density at radius 1 is 0.500 bits per heavy atom. The predicted octanol–water partition coefficient (Wildman–Crippen LogP) is 4.99. The third-order valence-corrected chi connectivity index (χ3v) is 11.1. The highest BCUT2D eigenvalue weighted by Crippen LogP contribution is 2.54. The first-order chi connectivity index (χ1) is 26.7. The van der Waals surface area contributed by atoms with Crippen LogP contribution in [0.25, 0.3) is 45.0 Å². The van der Waals surface area contributed by atoms with Crippen LogP contribution in [0.3, 0.4) is 0 Å². The second-order valence-electron chi connectivity index (χ2n) is 13.7. The number of pyridine rings is 2. The average molecular weight is 795 g/mol. The average Bonchev–Trinajstić information content (AvgIpc) is 4.01. The van der Waals surface area contributed by atoms with Crippen LogP contribution < -0.4 is 9.13 Å². The molecule has 9 rings (SSSR count). The van der Waals surface area contributed by atoms with Crippen LogP contribution in [0.5, 0.6) is 0 Å². The molecule has 2 aliphatic carbocycles. The van der Waals surface area contributed by atoms with Gasteiger partial charge < -0.3 is 18.9 Å². The van der Waals surface area contributed by atoms with Gasteiger partial charge in [-0.15, -0.1) is 0 Å². The van der Waals surface area contributed by atoms with E-state index in [2.05, 4.69) is 153 Å². The fraction of sp³-hybridized carbons (Fsp3) is 0.238. The molecule has 0 radical (unpaired) electrons. The van der Waals surface area contributed by atoms with E-state index in [0.29, 0.717) is 0 Å². The standard InChI is InChI=1S/C40H36N4.2CH4O4S/c1-5-43-37(27-15-19-41(3)20-16-27)39(43)31-13-11-29(33-23-35(31)33)25-7-9-26(10-8-25)30-12-14-32(36-24-34(30)36)40-38(44(40)6-2)28-17-21-42(4)22-18-28;2*1-5-6(2,3)4/h7-22H,5-6,23-24H2,1-4H3;2*1H3,(H,2,3,4)/q+2;;/p-2. The summed E-state index contributed by atoms with van der Waals surface area (Å²) in [7, 11) is -3.07. The maximum absolute atomic E-state index is 9.22. The zero-order chi connectivity index (χ0) is 40.1. The number of aromatic nitrogens is 2. The molecule has 5 aromatic rings. The van der Waals surface area contributed by atoms with E-state index in [4.69, 9.17) is 0 Å². The third kappa shape index (κ3) is 8.17. The first kappa shape index (κ1) is 39.0. The normalized spacial score (nSPS) is 14.6. The summed E-state index contributed by atoms with van der Waals surface area (Å²) in [6, 6.07) is 27.6. The lowest BCUT2D eigenvalue weighted by Gasteiger charge is -2.07. The molecule has 12 nitrogen and oxygen atoms in total. The van der Waals surface area contributed by atoms with Crippen LogP contribution in [-0.4, -0.2) is 63.1 Å². The Balaban J connectivity index is 0.000000351. The van der Waals surface area contributed by atoms with Gasteiger partial charge >= 0.3 is 0 Å². The highest BCUT2D eigenvalue weighted by molar-refractivity contribution is 7.81. The predicted molar refractivity (Wildman–Crippen MR) is 210 cm³/mol. The molecule has 2 aromatic heterocycles. The van der Waals surface area contributed by atoms with Crippen LogP contribution in [0.15, 0.2) is 97.6 Å². The van der Waals surface area contributed by atoms with Crippen LogP contribution in [0.4, 0.5) is 0 Å². The quantitative estimate of drug-likeness (QED) is 0.106. The Kier molecular flexibility index (Phi) is 10.5. The molecule has 0 saturated carbocycles. The van der Waals surface area contributed by atoms with Gasteiger partial charge in [-0.05, 0) is 71.2 Å². The van der Waals surface area contributed by atoms with Crippen molar-refractivity contribution in [2.45, 2.75) is 26.7 Å². The summed E-state index contributed by atoms with van der Waals surface area (Å²) >= 11 is 0. The van der Waals surface area contributed by atoms with Gasteiger partial charge in [0.15, 0.2) is 24.8 Å². The maximum atomic E-state index is 9.22. The van der Waals surface area contributed by atoms with Crippen molar-refractivity contribution in [1.29, 1.82) is 0 Å². The van der Waals surface area contributed by atoms with Gasteiger partial charge in [0.2, 0.25) is 20.8 Å². The van der Waals surface area contributed by atoms with Crippen LogP contribution in [0.1, 0.15) is 58.4 Å². The number of benzene rings is 3. The zero-order valence-corrected chi connectivity index (χ0v) is 33.6. The van der Waals surface area contributed by atoms with Crippen molar-refractivity contribution in [3.05, 3.63) is 142 Å². The summed E-state index contributed by atoms with van der Waals surface area (Å²) in [4.78, 5) is 4.91. The molecule has 0 amide bonds. The van der Waals surface area contributed by atoms with Gasteiger partial charge in [0.1, 0.15) is 14.1 Å². The maximum Gasteiger partial charge on any atom is 0.217 e. The van der Waals surface area contributed by atoms with Crippen LogP contribution >= 0.6 is 0 Å². The molecular weight excluding hydrogens is 753 g/mol. The van der Waals surface area contributed by atoms with E-state index in [0.717, 1.165) is 40.2 Å². The molecule has 0 bridgehead atoms. The highest BCUT2D eigenvalue weighted by atomic mass is 32.3. The Bertz CT molecular complexity index is 2460. The molecule has 0 unspecified atom stereocenters. The molecule has 0 fully saturated rings. The van der Waals surface area contributed by atoms with Crippen LogP contribution in [-0.2, 0) is 56.1 Å². The van der Waals surface area contributed by atoms with E-state index in [1.165, 1.54) is 89.5 Å². The van der Waals surface area contributed by atoms with Gasteiger partial charge in [-0.25, -0.2) is 26.0 Å². The SMILES string of the molecule is CCN1C(c2cc[n+](C)cc2)=C1c1ccc(-c2ccc(-c3ccc(C4=C(c5cc[n+](C)cc5)N4CC)c4c3C4)cc2)c2c1C2.COS(=O)(=O)[O-].COS(=O)(=O)[O-]. The van der Waals surface area contributed by atoms with Crippen LogP contribution in [0, 0.1) is 0 Å². The largest absolute Gasteiger partial charge is 0.726 e. The summed E-state index contributed by atoms with van der Waals surface area (Å²) in [5.41, 5.74) is 22.6. The minimum atomic E-state index is -4.41. The summed E-state index contributed by atoms with van der Waals surface area (Å²) in [5.74, 6) is 0. The molecule has 0 spiro atoms. The molecule has 2 aliphatic heterocycles. The van der Waals surface area contributed by atoms with Gasteiger partial charge in [-0.3, -0.25) is 8.37 Å². The number of aryl methyl sites for hydroxylation is 2. The van der Waals surface area contributed by atoms with Gasteiger partial charge in [-0.1, -0.05) is 48.5 Å². The number of rotatable bonds is 10. The van der Waals surface area contributed by atoms with Crippen LogP contribution in [0.2, 0.25) is 0 Å². The smallest absolute Gasteiger partial charge is 0.217 e. The van der Waals surface area contributed by atoms with Crippen molar-refractivity contribution >= 4 is 43.6 Å². The summed E-state index contributed by atoms with van der Waals surface area (Å²) in [5, 5.41) is 0. The minimum absolute atomic E-state index is 0.808. The van der Waals surface area contributed by atoms with Crippen molar-refractivity contribution < 1.29 is 43.4 Å². The molecule has 4 aliphatic rings. The Morgan fingerprint density at radius 2 is 0.786 bits per heavy atom. The van der Waals surface area contributed by atoms with E-state index in [1.54, 1.807) is 0 Å². The number of nitrogens with zero attached hydrogens (tertiary/aromatic N) is 4. The van der Waals surface area contributed by atoms with Crippen molar-refractivity contribution in [3.63, 3.8) is 0 Å². The molecule has 0 N–H and O–H groups in total. The molecular formula is C42H42N4O8S2. The Morgan fingerprint density at radius 3 is 1.07 bits per heavy atom. The molecule has 56 heavy (non-hydrogen) atoms. The fourth-order valence-corrected chi connectivity index (χ4v) is 7.32. The topological polar surface area (TPSA) is 147 Å². The van der Waals surface area contributed by atoms with Gasteiger partial charge in [0.05, 0.1) is 37.0 Å². The molecule has 0 saturated heterocycles. The number of hydrogen-bond donors (Lipinski definition) is 0. The number of hydrogen-bond acceptors (Lipinski definition) is 10. The Labute approximate surface area is 328 Å². The van der Waals surface area contributed by atoms with Crippen molar-refractivity contribution in [2.75, 3.05) is 27.3 Å². The lowest BCUT2D eigenvalue weighted by molar-refractivity contribution is -0.671. The first-order valence-electron chi connectivity index (χ1n) is 18.1. The molecule has 0 atom stereocenters. The van der Waals surface area contributed by atoms with E-state index in [-0.39, 0.29) is 0 Å². The minimum Gasteiger partial charge on any atom is -0.726 e. The second-order valence-corrected chi connectivity index (χ2v) is 16.0. The first-order valence-corrected chi connectivity index (χ1v) is 20.7. The van der Waals surface area contributed by atoms with Crippen molar-refractivity contribution in [2.24, 2.45) is 14.1 Å². The molecule has 14 heteroatoms. The van der Waals surface area contributed by atoms with E-state index >= 15 is 0 Å². The van der Waals surface area contributed by atoms with Gasteiger partial charge in [0, 0.05) is 59.6 Å². The molecule has 290 valence electrons. The highest BCUT2D eigenvalue weighted by Gasteiger charge is 2.40. The van der Waals surface area contributed by atoms with Crippen molar-refractivity contribution in [3.8, 4) is 22.3 Å². The fourth-order valence-electron chi connectivity index (χ4n) is 7.32. The second kappa shape index (κ2) is 15.0. The van der Waals surface area contributed by atoms with Gasteiger partial charge in [0.25, 0.3) is 0 Å². The zero-order valence-electron chi connectivity index (χ0n) is 31.9. The summed E-state index contributed by atoms with van der Waals surface area (Å²) < 4.78 is 66.2. The molecule has 3 aromatic carbocycles. The van der Waals surface area contributed by atoms with Crippen molar-refractivity contribution in [1.82, 2.24) is 9.80 Å². The summed E-state index contributed by atoms with van der Waals surface area (Å²) in [6.07, 6.45) is 10.7. The van der Waals surface area contributed by atoms with E-state index in [1.807, 2.05) is 0 Å². The molecule has 4 heterocycles. The summed E-state index contributed by atoms with van der Waals surface area (Å²) in [6.45, 7) is 6.51. The number of fused-ring (bicyclic) bond motifs is 2.